The summed E-state index contributed by atoms with van der Waals surface area (Å²) in [5, 5.41) is 3.06. The van der Waals surface area contributed by atoms with Crippen LogP contribution in [-0.4, -0.2) is 29.5 Å². The van der Waals surface area contributed by atoms with Crippen LogP contribution >= 0.6 is 11.8 Å². The molecule has 3 N–H and O–H groups in total. The zero-order valence-corrected chi connectivity index (χ0v) is 11.4. The summed E-state index contributed by atoms with van der Waals surface area (Å²) in [5.74, 6) is 3.30. The molecule has 0 aromatic carbocycles. The van der Waals surface area contributed by atoms with E-state index in [0.717, 1.165) is 19.4 Å². The van der Waals surface area contributed by atoms with Crippen LogP contribution in [0.4, 0.5) is 0 Å². The van der Waals surface area contributed by atoms with Gasteiger partial charge in [-0.25, -0.2) is 0 Å². The maximum Gasteiger partial charge on any atom is 0.221 e. The fraction of sp³-hybridized carbons (Fsp3) is 0.923. The van der Waals surface area contributed by atoms with Gasteiger partial charge in [-0.2, -0.15) is 11.8 Å². The van der Waals surface area contributed by atoms with E-state index in [0.29, 0.717) is 12.3 Å². The second-order valence-corrected chi connectivity index (χ2v) is 6.78. The highest BCUT2D eigenvalue weighted by Crippen LogP contribution is 2.28. The van der Waals surface area contributed by atoms with Gasteiger partial charge in [-0.1, -0.05) is 19.3 Å². The number of rotatable bonds is 4. The SMILES string of the molecule is NC1(CC(=O)NCC2CCSC2)CCCCC1. The smallest absolute Gasteiger partial charge is 0.221 e. The Morgan fingerprint density at radius 2 is 2.12 bits per heavy atom. The zero-order valence-electron chi connectivity index (χ0n) is 10.5. The van der Waals surface area contributed by atoms with Crippen molar-refractivity contribution in [3.63, 3.8) is 0 Å². The molecule has 1 saturated carbocycles. The van der Waals surface area contributed by atoms with Gasteiger partial charge in [-0.15, -0.1) is 0 Å². The lowest BCUT2D eigenvalue weighted by Gasteiger charge is -2.32. The van der Waals surface area contributed by atoms with Crippen LogP contribution in [0.15, 0.2) is 0 Å². The molecule has 1 aliphatic carbocycles. The Labute approximate surface area is 108 Å². The third-order valence-corrected chi connectivity index (χ3v) is 5.21. The first kappa shape index (κ1) is 13.2. The zero-order chi connectivity index (χ0) is 12.1. The minimum absolute atomic E-state index is 0.159. The molecule has 2 aliphatic rings. The van der Waals surface area contributed by atoms with E-state index in [9.17, 15) is 4.79 Å². The lowest BCUT2D eigenvalue weighted by molar-refractivity contribution is -0.122. The first-order valence-corrected chi connectivity index (χ1v) is 7.97. The van der Waals surface area contributed by atoms with Crippen molar-refractivity contribution in [2.45, 2.75) is 50.5 Å². The number of thioether (sulfide) groups is 1. The highest BCUT2D eigenvalue weighted by Gasteiger charge is 2.30. The molecule has 2 rings (SSSR count). The average molecular weight is 256 g/mol. The van der Waals surface area contributed by atoms with Crippen molar-refractivity contribution in [3.05, 3.63) is 0 Å². The van der Waals surface area contributed by atoms with Crippen LogP contribution in [0.3, 0.4) is 0 Å². The molecule has 0 bridgehead atoms. The van der Waals surface area contributed by atoms with Crippen molar-refractivity contribution in [2.24, 2.45) is 11.7 Å². The molecule has 0 radical (unpaired) electrons. The Hall–Kier alpha value is -0.220. The summed E-state index contributed by atoms with van der Waals surface area (Å²) in [6, 6.07) is 0. The van der Waals surface area contributed by atoms with Crippen LogP contribution in [0.1, 0.15) is 44.9 Å². The quantitative estimate of drug-likeness (QED) is 0.808. The molecular weight excluding hydrogens is 232 g/mol. The molecule has 98 valence electrons. The summed E-state index contributed by atoms with van der Waals surface area (Å²) >= 11 is 1.99. The van der Waals surface area contributed by atoms with Crippen molar-refractivity contribution < 1.29 is 4.79 Å². The summed E-state index contributed by atoms with van der Waals surface area (Å²) in [6.45, 7) is 0.849. The van der Waals surface area contributed by atoms with Crippen molar-refractivity contribution in [1.29, 1.82) is 0 Å². The van der Waals surface area contributed by atoms with E-state index >= 15 is 0 Å². The van der Waals surface area contributed by atoms with Crippen LogP contribution in [0.5, 0.6) is 0 Å². The number of hydrogen-bond donors (Lipinski definition) is 2. The summed E-state index contributed by atoms with van der Waals surface area (Å²) in [5.41, 5.74) is 6.06. The van der Waals surface area contributed by atoms with E-state index in [-0.39, 0.29) is 11.4 Å². The van der Waals surface area contributed by atoms with Gasteiger partial charge in [0.15, 0.2) is 0 Å². The molecule has 1 atom stereocenters. The van der Waals surface area contributed by atoms with E-state index in [4.69, 9.17) is 5.73 Å². The van der Waals surface area contributed by atoms with Gasteiger partial charge in [-0.05, 0) is 36.7 Å². The Bertz CT molecular complexity index is 258. The van der Waals surface area contributed by atoms with Gasteiger partial charge < -0.3 is 11.1 Å². The molecular formula is C13H24N2OS. The summed E-state index contributed by atoms with van der Waals surface area (Å²) in [6.07, 6.45) is 7.44. The molecule has 0 spiro atoms. The average Bonchev–Trinajstić information content (AvgIpc) is 2.79. The summed E-state index contributed by atoms with van der Waals surface area (Å²) in [4.78, 5) is 11.9. The fourth-order valence-electron chi connectivity index (χ4n) is 2.82. The summed E-state index contributed by atoms with van der Waals surface area (Å²) in [7, 11) is 0. The van der Waals surface area contributed by atoms with Gasteiger partial charge in [-0.3, -0.25) is 4.79 Å². The van der Waals surface area contributed by atoms with E-state index in [2.05, 4.69) is 5.32 Å². The molecule has 17 heavy (non-hydrogen) atoms. The van der Waals surface area contributed by atoms with Gasteiger partial charge in [0.05, 0.1) is 0 Å². The second-order valence-electron chi connectivity index (χ2n) is 5.63. The Balaban J connectivity index is 1.68. The van der Waals surface area contributed by atoms with Crippen molar-refractivity contribution in [2.75, 3.05) is 18.1 Å². The predicted molar refractivity (Wildman–Crippen MR) is 73.1 cm³/mol. The first-order valence-electron chi connectivity index (χ1n) is 6.81. The van der Waals surface area contributed by atoms with Crippen LogP contribution in [-0.2, 0) is 4.79 Å². The van der Waals surface area contributed by atoms with Crippen LogP contribution in [0.2, 0.25) is 0 Å². The molecule has 0 aromatic rings. The van der Waals surface area contributed by atoms with Crippen LogP contribution < -0.4 is 11.1 Å². The molecule has 2 fully saturated rings. The van der Waals surface area contributed by atoms with E-state index in [1.165, 1.54) is 37.2 Å². The number of hydrogen-bond acceptors (Lipinski definition) is 3. The third kappa shape index (κ3) is 4.18. The number of carbonyl (C=O) groups excluding carboxylic acids is 1. The van der Waals surface area contributed by atoms with Crippen molar-refractivity contribution in [3.8, 4) is 0 Å². The molecule has 1 amide bonds. The van der Waals surface area contributed by atoms with Gasteiger partial charge >= 0.3 is 0 Å². The number of amides is 1. The Morgan fingerprint density at radius 1 is 1.35 bits per heavy atom. The van der Waals surface area contributed by atoms with E-state index in [1.807, 2.05) is 11.8 Å². The summed E-state index contributed by atoms with van der Waals surface area (Å²) < 4.78 is 0. The molecule has 1 saturated heterocycles. The van der Waals surface area contributed by atoms with Crippen molar-refractivity contribution >= 4 is 17.7 Å². The molecule has 1 aliphatic heterocycles. The second kappa shape index (κ2) is 6.10. The van der Waals surface area contributed by atoms with Gasteiger partial charge in [0.25, 0.3) is 0 Å². The standard InChI is InChI=1S/C13H24N2OS/c14-13(5-2-1-3-6-13)8-12(16)15-9-11-4-7-17-10-11/h11H,1-10,14H2,(H,15,16). The number of carbonyl (C=O) groups is 1. The van der Waals surface area contributed by atoms with Gasteiger partial charge in [0, 0.05) is 18.5 Å². The fourth-order valence-corrected chi connectivity index (χ4v) is 4.10. The van der Waals surface area contributed by atoms with Gasteiger partial charge in [0.1, 0.15) is 0 Å². The van der Waals surface area contributed by atoms with Crippen LogP contribution in [0, 0.1) is 5.92 Å². The van der Waals surface area contributed by atoms with E-state index < -0.39 is 0 Å². The highest BCUT2D eigenvalue weighted by molar-refractivity contribution is 7.99. The Kier molecular flexibility index (Phi) is 4.74. The lowest BCUT2D eigenvalue weighted by Crippen LogP contribution is -2.46. The minimum Gasteiger partial charge on any atom is -0.356 e. The predicted octanol–water partition coefficient (Wildman–Crippen LogP) is 1.91. The number of nitrogens with two attached hydrogens (primary N) is 1. The molecule has 3 nitrogen and oxygen atoms in total. The molecule has 1 heterocycles. The van der Waals surface area contributed by atoms with Crippen molar-refractivity contribution in [1.82, 2.24) is 5.32 Å². The molecule has 0 aromatic heterocycles. The third-order valence-electron chi connectivity index (χ3n) is 3.97. The maximum absolute atomic E-state index is 11.9. The monoisotopic (exact) mass is 256 g/mol. The number of nitrogens with one attached hydrogen (secondary N) is 1. The molecule has 4 heteroatoms. The van der Waals surface area contributed by atoms with Gasteiger partial charge in [0.2, 0.25) is 5.91 Å². The first-order chi connectivity index (χ1) is 8.18. The topological polar surface area (TPSA) is 55.1 Å². The van der Waals surface area contributed by atoms with Crippen LogP contribution in [0.25, 0.3) is 0 Å². The minimum atomic E-state index is -0.216. The lowest BCUT2D eigenvalue weighted by atomic mass is 9.80. The Morgan fingerprint density at radius 3 is 2.76 bits per heavy atom. The normalized spacial score (nSPS) is 27.9. The largest absolute Gasteiger partial charge is 0.356 e. The van der Waals surface area contributed by atoms with E-state index in [1.54, 1.807) is 0 Å². The maximum atomic E-state index is 11.9. The highest BCUT2D eigenvalue weighted by atomic mass is 32.2. The molecule has 1 unspecified atom stereocenters.